The molecule has 0 aliphatic heterocycles. The first-order valence-corrected chi connectivity index (χ1v) is 7.61. The lowest BCUT2D eigenvalue weighted by atomic mass is 10.2. The van der Waals surface area contributed by atoms with Crippen molar-refractivity contribution in [2.24, 2.45) is 0 Å². The first-order chi connectivity index (χ1) is 9.60. The highest BCUT2D eigenvalue weighted by atomic mass is 35.5. The highest BCUT2D eigenvalue weighted by molar-refractivity contribution is 7.98. The Morgan fingerprint density at radius 3 is 2.80 bits per heavy atom. The van der Waals surface area contributed by atoms with Crippen LogP contribution in [0.4, 0.5) is 0 Å². The molecule has 0 spiro atoms. The third-order valence-corrected chi connectivity index (χ3v) is 3.56. The van der Waals surface area contributed by atoms with Crippen LogP contribution in [0, 0.1) is 6.92 Å². The molecule has 0 fully saturated rings. The summed E-state index contributed by atoms with van der Waals surface area (Å²) in [4.78, 5) is 20.5. The Balaban J connectivity index is 2.09. The average molecular weight is 308 g/mol. The second kappa shape index (κ2) is 6.72. The van der Waals surface area contributed by atoms with Crippen LogP contribution in [-0.2, 0) is 6.54 Å². The van der Waals surface area contributed by atoms with Gasteiger partial charge in [0.1, 0.15) is 5.69 Å². The minimum Gasteiger partial charge on any atom is -0.347 e. The van der Waals surface area contributed by atoms with Gasteiger partial charge in [0.15, 0.2) is 5.16 Å². The number of rotatable bonds is 4. The maximum Gasteiger partial charge on any atom is 0.270 e. The summed E-state index contributed by atoms with van der Waals surface area (Å²) >= 11 is 7.45. The van der Waals surface area contributed by atoms with Gasteiger partial charge in [-0.15, -0.1) is 0 Å². The molecular weight excluding hydrogens is 294 g/mol. The summed E-state index contributed by atoms with van der Waals surface area (Å²) in [6.07, 6.45) is 1.88. The van der Waals surface area contributed by atoms with E-state index in [9.17, 15) is 4.79 Å². The van der Waals surface area contributed by atoms with E-state index in [0.717, 1.165) is 11.3 Å². The normalized spacial score (nSPS) is 10.3. The number of thioether (sulfide) groups is 1. The molecule has 1 amide bonds. The quantitative estimate of drug-likeness (QED) is 0.696. The molecule has 0 radical (unpaired) electrons. The summed E-state index contributed by atoms with van der Waals surface area (Å²) in [5, 5.41) is 4.04. The lowest BCUT2D eigenvalue weighted by Gasteiger charge is -2.07. The van der Waals surface area contributed by atoms with Crippen molar-refractivity contribution in [2.45, 2.75) is 18.6 Å². The standard InChI is InChI=1S/C14H14ClN3OS/c1-9-7-12(18-14(17-9)20-2)13(19)16-8-10-5-3-4-6-11(10)15/h3-7H,8H2,1-2H3,(H,16,19). The highest BCUT2D eigenvalue weighted by Crippen LogP contribution is 2.15. The number of hydrogen-bond acceptors (Lipinski definition) is 4. The maximum absolute atomic E-state index is 12.1. The van der Waals surface area contributed by atoms with E-state index in [1.807, 2.05) is 31.4 Å². The molecule has 0 atom stereocenters. The Morgan fingerprint density at radius 1 is 1.35 bits per heavy atom. The lowest BCUT2D eigenvalue weighted by molar-refractivity contribution is 0.0945. The minimum absolute atomic E-state index is 0.231. The van der Waals surface area contributed by atoms with Gasteiger partial charge >= 0.3 is 0 Å². The molecule has 0 aliphatic carbocycles. The molecule has 0 saturated carbocycles. The zero-order valence-electron chi connectivity index (χ0n) is 11.2. The van der Waals surface area contributed by atoms with Crippen LogP contribution in [0.5, 0.6) is 0 Å². The van der Waals surface area contributed by atoms with Gasteiger partial charge in [0.05, 0.1) is 0 Å². The average Bonchev–Trinajstić information content (AvgIpc) is 2.45. The van der Waals surface area contributed by atoms with Gasteiger partial charge in [0.2, 0.25) is 0 Å². The van der Waals surface area contributed by atoms with Crippen LogP contribution in [0.3, 0.4) is 0 Å². The third kappa shape index (κ3) is 3.71. The minimum atomic E-state index is -0.231. The van der Waals surface area contributed by atoms with Crippen molar-refractivity contribution in [3.05, 3.63) is 52.3 Å². The highest BCUT2D eigenvalue weighted by Gasteiger charge is 2.10. The number of halogens is 1. The van der Waals surface area contributed by atoms with Crippen LogP contribution in [0.1, 0.15) is 21.7 Å². The van der Waals surface area contributed by atoms with Crippen molar-refractivity contribution in [1.82, 2.24) is 15.3 Å². The Labute approximate surface area is 127 Å². The molecule has 104 valence electrons. The molecule has 2 rings (SSSR count). The Bertz CT molecular complexity index is 634. The summed E-state index contributed by atoms with van der Waals surface area (Å²) in [5.74, 6) is -0.231. The zero-order valence-corrected chi connectivity index (χ0v) is 12.8. The van der Waals surface area contributed by atoms with Crippen molar-refractivity contribution < 1.29 is 4.79 Å². The molecule has 1 aromatic carbocycles. The molecule has 2 aromatic rings. The second-order valence-corrected chi connectivity index (χ2v) is 5.34. The van der Waals surface area contributed by atoms with E-state index in [-0.39, 0.29) is 5.91 Å². The molecule has 6 heteroatoms. The van der Waals surface area contributed by atoms with Crippen LogP contribution in [-0.4, -0.2) is 22.1 Å². The predicted molar refractivity (Wildman–Crippen MR) is 81.2 cm³/mol. The number of carbonyl (C=O) groups excluding carboxylic acids is 1. The van der Waals surface area contributed by atoms with Crippen LogP contribution >= 0.6 is 23.4 Å². The van der Waals surface area contributed by atoms with Crippen molar-refractivity contribution in [1.29, 1.82) is 0 Å². The van der Waals surface area contributed by atoms with E-state index in [1.54, 1.807) is 12.1 Å². The molecule has 1 N–H and O–H groups in total. The first-order valence-electron chi connectivity index (χ1n) is 6.01. The van der Waals surface area contributed by atoms with Gasteiger partial charge < -0.3 is 5.32 Å². The third-order valence-electron chi connectivity index (χ3n) is 2.65. The lowest BCUT2D eigenvalue weighted by Crippen LogP contribution is -2.24. The van der Waals surface area contributed by atoms with Gasteiger partial charge in [0.25, 0.3) is 5.91 Å². The summed E-state index contributed by atoms with van der Waals surface area (Å²) in [6.45, 7) is 2.21. The molecule has 20 heavy (non-hydrogen) atoms. The molecule has 0 aliphatic rings. The zero-order chi connectivity index (χ0) is 14.5. The number of aryl methyl sites for hydroxylation is 1. The topological polar surface area (TPSA) is 54.9 Å². The fourth-order valence-electron chi connectivity index (χ4n) is 1.66. The Morgan fingerprint density at radius 2 is 2.10 bits per heavy atom. The van der Waals surface area contributed by atoms with Crippen molar-refractivity contribution in [2.75, 3.05) is 6.26 Å². The van der Waals surface area contributed by atoms with Crippen molar-refractivity contribution in [3.63, 3.8) is 0 Å². The van der Waals surface area contributed by atoms with E-state index in [1.165, 1.54) is 11.8 Å². The predicted octanol–water partition coefficient (Wildman–Crippen LogP) is 3.09. The van der Waals surface area contributed by atoms with Crippen molar-refractivity contribution >= 4 is 29.3 Å². The van der Waals surface area contributed by atoms with E-state index in [4.69, 9.17) is 11.6 Å². The van der Waals surface area contributed by atoms with Gasteiger partial charge in [-0.25, -0.2) is 9.97 Å². The second-order valence-electron chi connectivity index (χ2n) is 4.16. The summed E-state index contributed by atoms with van der Waals surface area (Å²) in [7, 11) is 0. The fraction of sp³-hybridized carbons (Fsp3) is 0.214. The van der Waals surface area contributed by atoms with Gasteiger partial charge in [-0.2, -0.15) is 0 Å². The van der Waals surface area contributed by atoms with Crippen LogP contribution in [0.25, 0.3) is 0 Å². The largest absolute Gasteiger partial charge is 0.347 e. The number of nitrogens with zero attached hydrogens (tertiary/aromatic N) is 2. The molecular formula is C14H14ClN3OS. The fourth-order valence-corrected chi connectivity index (χ4v) is 2.28. The number of benzene rings is 1. The van der Waals surface area contributed by atoms with Gasteiger partial charge in [-0.1, -0.05) is 41.6 Å². The molecule has 0 unspecified atom stereocenters. The summed E-state index contributed by atoms with van der Waals surface area (Å²) < 4.78 is 0. The van der Waals surface area contributed by atoms with Crippen LogP contribution in [0.2, 0.25) is 5.02 Å². The van der Waals surface area contributed by atoms with Gasteiger partial charge in [-0.05, 0) is 30.9 Å². The Kier molecular flexibility index (Phi) is 4.98. The SMILES string of the molecule is CSc1nc(C)cc(C(=O)NCc2ccccc2Cl)n1. The summed E-state index contributed by atoms with van der Waals surface area (Å²) in [5.41, 5.74) is 2.01. The van der Waals surface area contributed by atoms with Crippen molar-refractivity contribution in [3.8, 4) is 0 Å². The first kappa shape index (κ1) is 14.8. The number of nitrogens with one attached hydrogen (secondary N) is 1. The van der Waals surface area contributed by atoms with Gasteiger partial charge in [-0.3, -0.25) is 4.79 Å². The van der Waals surface area contributed by atoms with Crippen LogP contribution < -0.4 is 5.32 Å². The molecule has 4 nitrogen and oxygen atoms in total. The maximum atomic E-state index is 12.1. The number of carbonyl (C=O) groups is 1. The van der Waals surface area contributed by atoms with E-state index >= 15 is 0 Å². The number of amides is 1. The number of aromatic nitrogens is 2. The van der Waals surface area contributed by atoms with Crippen LogP contribution in [0.15, 0.2) is 35.5 Å². The Hall–Kier alpha value is -1.59. The number of hydrogen-bond donors (Lipinski definition) is 1. The van der Waals surface area contributed by atoms with E-state index < -0.39 is 0 Å². The molecule has 0 saturated heterocycles. The summed E-state index contributed by atoms with van der Waals surface area (Å²) in [6, 6.07) is 9.08. The van der Waals surface area contributed by atoms with Gasteiger partial charge in [0, 0.05) is 17.3 Å². The smallest absolute Gasteiger partial charge is 0.270 e. The monoisotopic (exact) mass is 307 g/mol. The van der Waals surface area contributed by atoms with E-state index in [0.29, 0.717) is 22.4 Å². The molecule has 1 heterocycles. The molecule has 0 bridgehead atoms. The molecule has 1 aromatic heterocycles. The van der Waals surface area contributed by atoms with E-state index in [2.05, 4.69) is 15.3 Å².